The van der Waals surface area contributed by atoms with Gasteiger partial charge in [-0.25, -0.2) is 0 Å². The molecule has 4 heteroatoms. The van der Waals surface area contributed by atoms with Crippen LogP contribution in [0.5, 0.6) is 0 Å². The molecule has 0 aromatic rings. The van der Waals surface area contributed by atoms with E-state index in [9.17, 15) is 4.79 Å². The van der Waals surface area contributed by atoms with Gasteiger partial charge in [-0.15, -0.1) is 0 Å². The van der Waals surface area contributed by atoms with Crippen molar-refractivity contribution in [3.05, 3.63) is 0 Å². The van der Waals surface area contributed by atoms with Crippen LogP contribution in [0, 0.1) is 5.41 Å². The Morgan fingerprint density at radius 2 is 1.87 bits per heavy atom. The van der Waals surface area contributed by atoms with E-state index in [0.717, 1.165) is 45.6 Å². The molecule has 2 fully saturated rings. The predicted molar refractivity (Wildman–Crippen MR) is 57.4 cm³/mol. The fourth-order valence-electron chi connectivity index (χ4n) is 2.10. The maximum absolute atomic E-state index is 12.0. The summed E-state index contributed by atoms with van der Waals surface area (Å²) in [5.74, 6) is 0.339. The number of amides is 1. The van der Waals surface area contributed by atoms with Crippen LogP contribution in [0.15, 0.2) is 0 Å². The zero-order valence-electron chi connectivity index (χ0n) is 9.41. The lowest BCUT2D eigenvalue weighted by atomic mass is 10.1. The Bertz CT molecular complexity index is 243. The maximum Gasteiger partial charge on any atom is 0.228 e. The second-order valence-corrected chi connectivity index (χ2v) is 4.92. The standard InChI is InChI=1S/C11H20N2O2/c1-11(2-3-11)10(15)13-6-4-12(5-7-13)8-9-14/h14H,2-9H2,1H3. The summed E-state index contributed by atoms with van der Waals surface area (Å²) in [5.41, 5.74) is -0.0286. The zero-order valence-corrected chi connectivity index (χ0v) is 9.41. The highest BCUT2D eigenvalue weighted by Gasteiger charge is 2.47. The predicted octanol–water partition coefficient (Wildman–Crippen LogP) is -0.0770. The van der Waals surface area contributed by atoms with Gasteiger partial charge in [0.15, 0.2) is 0 Å². The molecule has 15 heavy (non-hydrogen) atoms. The minimum Gasteiger partial charge on any atom is -0.395 e. The van der Waals surface area contributed by atoms with Gasteiger partial charge in [0, 0.05) is 38.1 Å². The second kappa shape index (κ2) is 4.10. The Hall–Kier alpha value is -0.610. The average molecular weight is 212 g/mol. The first-order valence-corrected chi connectivity index (χ1v) is 5.78. The molecular weight excluding hydrogens is 192 g/mol. The number of nitrogens with zero attached hydrogens (tertiary/aromatic N) is 2. The van der Waals surface area contributed by atoms with Crippen molar-refractivity contribution in [1.82, 2.24) is 9.80 Å². The van der Waals surface area contributed by atoms with Gasteiger partial charge >= 0.3 is 0 Å². The number of hydrogen-bond donors (Lipinski definition) is 1. The third kappa shape index (κ3) is 2.32. The van der Waals surface area contributed by atoms with E-state index < -0.39 is 0 Å². The van der Waals surface area contributed by atoms with Crippen LogP contribution in [-0.2, 0) is 4.79 Å². The van der Waals surface area contributed by atoms with Crippen LogP contribution in [0.2, 0.25) is 0 Å². The quantitative estimate of drug-likeness (QED) is 0.712. The third-order valence-corrected chi connectivity index (χ3v) is 3.59. The Balaban J connectivity index is 1.80. The Morgan fingerprint density at radius 3 is 2.33 bits per heavy atom. The van der Waals surface area contributed by atoms with Gasteiger partial charge in [0.25, 0.3) is 0 Å². The van der Waals surface area contributed by atoms with E-state index in [4.69, 9.17) is 5.11 Å². The molecule has 1 N–H and O–H groups in total. The minimum absolute atomic E-state index is 0.0286. The van der Waals surface area contributed by atoms with Gasteiger partial charge in [0.2, 0.25) is 5.91 Å². The summed E-state index contributed by atoms with van der Waals surface area (Å²) in [6.07, 6.45) is 2.12. The van der Waals surface area contributed by atoms with Gasteiger partial charge < -0.3 is 10.0 Å². The maximum atomic E-state index is 12.0. The molecule has 1 aliphatic carbocycles. The number of aliphatic hydroxyl groups excluding tert-OH is 1. The van der Waals surface area contributed by atoms with E-state index in [-0.39, 0.29) is 12.0 Å². The van der Waals surface area contributed by atoms with Crippen molar-refractivity contribution in [2.75, 3.05) is 39.3 Å². The monoisotopic (exact) mass is 212 g/mol. The smallest absolute Gasteiger partial charge is 0.228 e. The highest BCUT2D eigenvalue weighted by Crippen LogP contribution is 2.46. The SMILES string of the molecule is CC1(C(=O)N2CCN(CCO)CC2)CC1. The highest BCUT2D eigenvalue weighted by atomic mass is 16.3. The normalized spacial score (nSPS) is 25.3. The van der Waals surface area contributed by atoms with E-state index in [1.807, 2.05) is 4.90 Å². The number of carbonyl (C=O) groups excluding carboxylic acids is 1. The lowest BCUT2D eigenvalue weighted by molar-refractivity contribution is -0.138. The molecular formula is C11H20N2O2. The molecule has 1 saturated heterocycles. The Morgan fingerprint density at radius 1 is 1.27 bits per heavy atom. The van der Waals surface area contributed by atoms with Gasteiger partial charge in [0.1, 0.15) is 0 Å². The third-order valence-electron chi connectivity index (χ3n) is 3.59. The average Bonchev–Trinajstić information content (AvgIpc) is 2.99. The van der Waals surface area contributed by atoms with E-state index in [2.05, 4.69) is 11.8 Å². The molecule has 1 aliphatic heterocycles. The second-order valence-electron chi connectivity index (χ2n) is 4.92. The molecule has 0 spiro atoms. The van der Waals surface area contributed by atoms with E-state index >= 15 is 0 Å². The van der Waals surface area contributed by atoms with Crippen molar-refractivity contribution in [2.24, 2.45) is 5.41 Å². The van der Waals surface area contributed by atoms with E-state index in [1.54, 1.807) is 0 Å². The van der Waals surface area contributed by atoms with Crippen LogP contribution >= 0.6 is 0 Å². The number of aliphatic hydroxyl groups is 1. The van der Waals surface area contributed by atoms with Gasteiger partial charge in [-0.3, -0.25) is 9.69 Å². The van der Waals surface area contributed by atoms with Crippen molar-refractivity contribution in [3.8, 4) is 0 Å². The fourth-order valence-corrected chi connectivity index (χ4v) is 2.10. The van der Waals surface area contributed by atoms with Crippen LogP contribution in [0.25, 0.3) is 0 Å². The number of β-amino-alcohol motifs (C(OH)–C–C–N with tert-alkyl or cyclic N) is 1. The molecule has 2 rings (SSSR count). The Labute approximate surface area is 90.9 Å². The fraction of sp³-hybridized carbons (Fsp3) is 0.909. The van der Waals surface area contributed by atoms with Crippen molar-refractivity contribution < 1.29 is 9.90 Å². The van der Waals surface area contributed by atoms with Crippen LogP contribution in [0.3, 0.4) is 0 Å². The lowest BCUT2D eigenvalue weighted by Gasteiger charge is -2.35. The first-order valence-electron chi connectivity index (χ1n) is 5.78. The summed E-state index contributed by atoms with van der Waals surface area (Å²) in [5, 5.41) is 8.81. The van der Waals surface area contributed by atoms with E-state index in [1.165, 1.54) is 0 Å². The molecule has 0 aromatic heterocycles. The van der Waals surface area contributed by atoms with Crippen LogP contribution < -0.4 is 0 Å². The summed E-state index contributed by atoms with van der Waals surface area (Å²) in [6, 6.07) is 0. The van der Waals surface area contributed by atoms with Gasteiger partial charge in [-0.05, 0) is 12.8 Å². The van der Waals surface area contributed by atoms with Crippen molar-refractivity contribution in [3.63, 3.8) is 0 Å². The summed E-state index contributed by atoms with van der Waals surface area (Å²) in [4.78, 5) is 16.2. The van der Waals surface area contributed by atoms with Crippen molar-refractivity contribution in [2.45, 2.75) is 19.8 Å². The topological polar surface area (TPSA) is 43.8 Å². The van der Waals surface area contributed by atoms with Crippen molar-refractivity contribution >= 4 is 5.91 Å². The zero-order chi connectivity index (χ0) is 10.9. The largest absolute Gasteiger partial charge is 0.395 e. The number of piperazine rings is 1. The first kappa shape index (κ1) is 10.9. The van der Waals surface area contributed by atoms with Gasteiger partial charge in [0.05, 0.1) is 6.61 Å². The molecule has 0 unspecified atom stereocenters. The number of carbonyl (C=O) groups is 1. The first-order chi connectivity index (χ1) is 7.15. The van der Waals surface area contributed by atoms with Crippen LogP contribution in [0.1, 0.15) is 19.8 Å². The summed E-state index contributed by atoms with van der Waals surface area (Å²) < 4.78 is 0. The highest BCUT2D eigenvalue weighted by molar-refractivity contribution is 5.85. The number of rotatable bonds is 3. The van der Waals surface area contributed by atoms with Crippen LogP contribution in [-0.4, -0.2) is 60.1 Å². The summed E-state index contributed by atoms with van der Waals surface area (Å²) >= 11 is 0. The molecule has 2 aliphatic rings. The lowest BCUT2D eigenvalue weighted by Crippen LogP contribution is -2.50. The summed E-state index contributed by atoms with van der Waals surface area (Å²) in [7, 11) is 0. The molecule has 1 saturated carbocycles. The molecule has 0 atom stereocenters. The van der Waals surface area contributed by atoms with Crippen molar-refractivity contribution in [1.29, 1.82) is 0 Å². The molecule has 1 amide bonds. The Kier molecular flexibility index (Phi) is 2.98. The minimum atomic E-state index is -0.0286. The molecule has 0 radical (unpaired) electrons. The molecule has 0 aromatic carbocycles. The summed E-state index contributed by atoms with van der Waals surface area (Å²) in [6.45, 7) is 6.48. The molecule has 86 valence electrons. The number of hydrogen-bond acceptors (Lipinski definition) is 3. The molecule has 0 bridgehead atoms. The van der Waals surface area contributed by atoms with Gasteiger partial charge in [-0.1, -0.05) is 6.92 Å². The van der Waals surface area contributed by atoms with Gasteiger partial charge in [-0.2, -0.15) is 0 Å². The van der Waals surface area contributed by atoms with E-state index in [0.29, 0.717) is 5.91 Å². The molecule has 4 nitrogen and oxygen atoms in total. The molecule has 1 heterocycles. The van der Waals surface area contributed by atoms with Crippen LogP contribution in [0.4, 0.5) is 0 Å².